The van der Waals surface area contributed by atoms with Gasteiger partial charge in [0, 0.05) is 36.1 Å². The molecule has 16 N–H and O–H groups in total. The molecule has 0 aromatic heterocycles. The molecule has 5 fully saturated rings. The van der Waals surface area contributed by atoms with Crippen molar-refractivity contribution in [2.75, 3.05) is 18.9 Å². The summed E-state index contributed by atoms with van der Waals surface area (Å²) in [4.78, 5) is 24.1. The second-order valence-corrected chi connectivity index (χ2v) is 14.5. The minimum absolute atomic E-state index is 0.0113. The number of hydrogen-bond acceptors (Lipinski definition) is 16. The zero-order valence-electron chi connectivity index (χ0n) is 26.1. The van der Waals surface area contributed by atoms with E-state index in [4.69, 9.17) is 41.9 Å². The highest BCUT2D eigenvalue weighted by molar-refractivity contribution is 8.00. The Morgan fingerprint density at radius 1 is 0.894 bits per heavy atom. The van der Waals surface area contributed by atoms with Crippen LogP contribution in [0, 0.1) is 0 Å². The van der Waals surface area contributed by atoms with Crippen LogP contribution in [0.25, 0.3) is 0 Å². The molecule has 0 aromatic carbocycles. The van der Waals surface area contributed by atoms with E-state index in [1.165, 1.54) is 0 Å². The van der Waals surface area contributed by atoms with E-state index < -0.39 is 92.2 Å². The lowest BCUT2D eigenvalue weighted by atomic mass is 9.84. The van der Waals surface area contributed by atoms with Crippen molar-refractivity contribution in [3.8, 4) is 0 Å². The third kappa shape index (κ3) is 8.48. The highest BCUT2D eigenvalue weighted by atomic mass is 32.2. The number of ether oxygens (including phenoxy) is 4. The molecule has 0 unspecified atom stereocenters. The maximum absolute atomic E-state index is 12.6. The van der Waals surface area contributed by atoms with Gasteiger partial charge in [-0.15, -0.1) is 0 Å². The number of thioether (sulfide) groups is 1. The SMILES string of the molecule is N[C@@H]1[C@@H](O)[C@@H](O[C@H]2[C@@H](O)[C@H](O[C@H]3O[C@@H](CNC(=O)CCCC[C@@H]4SC[C@@H]5NC(=O)N[C@@H]54)[C@@H](O)C[C@H]3N)[C@H](N)C[C@H]2N)O[C@H](CO)[C@H]1O. The second kappa shape index (κ2) is 16.1. The van der Waals surface area contributed by atoms with Crippen LogP contribution in [-0.2, 0) is 23.7 Å². The van der Waals surface area contributed by atoms with E-state index in [0.717, 1.165) is 18.6 Å². The summed E-state index contributed by atoms with van der Waals surface area (Å²) in [5, 5.41) is 61.1. The van der Waals surface area contributed by atoms with Crippen molar-refractivity contribution in [1.29, 1.82) is 0 Å². The molecule has 18 nitrogen and oxygen atoms in total. The number of unbranched alkanes of at least 4 members (excludes halogenated alkanes) is 1. The quantitative estimate of drug-likeness (QED) is 0.0670. The largest absolute Gasteiger partial charge is 0.394 e. The van der Waals surface area contributed by atoms with Gasteiger partial charge in [-0.2, -0.15) is 11.8 Å². The first kappa shape index (κ1) is 36.8. The number of aliphatic hydroxyl groups is 5. The summed E-state index contributed by atoms with van der Waals surface area (Å²) in [6.45, 7) is -0.570. The summed E-state index contributed by atoms with van der Waals surface area (Å²) >= 11 is 1.83. The summed E-state index contributed by atoms with van der Waals surface area (Å²) < 4.78 is 23.4. The second-order valence-electron chi connectivity index (χ2n) is 13.2. The van der Waals surface area contributed by atoms with E-state index in [2.05, 4.69) is 16.0 Å². The summed E-state index contributed by atoms with van der Waals surface area (Å²) in [6, 6.07) is -3.37. The smallest absolute Gasteiger partial charge is 0.315 e. The molecule has 1 aliphatic carbocycles. The Morgan fingerprint density at radius 3 is 2.28 bits per heavy atom. The van der Waals surface area contributed by atoms with E-state index >= 15 is 0 Å². The molecule has 0 aromatic rings. The lowest BCUT2D eigenvalue weighted by Crippen LogP contribution is -2.68. The lowest BCUT2D eigenvalue weighted by Gasteiger charge is -2.47. The molecule has 47 heavy (non-hydrogen) atoms. The Balaban J connectivity index is 1.09. The normalized spacial score (nSPS) is 46.8. The van der Waals surface area contributed by atoms with Gasteiger partial charge in [-0.1, -0.05) is 6.42 Å². The number of nitrogens with two attached hydrogens (primary N) is 4. The van der Waals surface area contributed by atoms with Gasteiger partial charge in [0.1, 0.15) is 42.7 Å². The minimum Gasteiger partial charge on any atom is -0.394 e. The first-order valence-electron chi connectivity index (χ1n) is 16.3. The third-order valence-corrected chi connectivity index (χ3v) is 11.3. The topological polar surface area (TPSA) is 312 Å². The summed E-state index contributed by atoms with van der Waals surface area (Å²) in [6.07, 6.45) is -9.02. The van der Waals surface area contributed by atoms with Gasteiger partial charge in [0.05, 0.1) is 36.9 Å². The summed E-state index contributed by atoms with van der Waals surface area (Å²) in [5.74, 6) is 0.689. The Kier molecular flexibility index (Phi) is 12.6. The molecule has 3 amide bonds. The fourth-order valence-electron chi connectivity index (χ4n) is 6.98. The predicted molar refractivity (Wildman–Crippen MR) is 166 cm³/mol. The summed E-state index contributed by atoms with van der Waals surface area (Å²) in [7, 11) is 0. The van der Waals surface area contributed by atoms with Gasteiger partial charge in [0.25, 0.3) is 0 Å². The molecule has 4 saturated heterocycles. The van der Waals surface area contributed by atoms with Crippen LogP contribution in [-0.4, -0.2) is 159 Å². The summed E-state index contributed by atoms with van der Waals surface area (Å²) in [5.41, 5.74) is 24.7. The van der Waals surface area contributed by atoms with E-state index in [-0.39, 0.29) is 43.4 Å². The Hall–Kier alpha value is -1.43. The van der Waals surface area contributed by atoms with Crippen LogP contribution in [0.3, 0.4) is 0 Å². The fourth-order valence-corrected chi connectivity index (χ4v) is 8.52. The van der Waals surface area contributed by atoms with Crippen molar-refractivity contribution in [2.24, 2.45) is 22.9 Å². The van der Waals surface area contributed by atoms with Crippen molar-refractivity contribution in [3.63, 3.8) is 0 Å². The van der Waals surface area contributed by atoms with Crippen LogP contribution in [0.4, 0.5) is 4.79 Å². The molecule has 0 bridgehead atoms. The molecule has 0 spiro atoms. The molecule has 270 valence electrons. The molecular weight excluding hydrogens is 642 g/mol. The van der Waals surface area contributed by atoms with Crippen LogP contribution in [0.1, 0.15) is 38.5 Å². The number of amides is 3. The van der Waals surface area contributed by atoms with E-state index in [0.29, 0.717) is 18.1 Å². The van der Waals surface area contributed by atoms with Gasteiger partial charge in [0.15, 0.2) is 12.6 Å². The number of fused-ring (bicyclic) bond motifs is 1. The van der Waals surface area contributed by atoms with Crippen molar-refractivity contribution in [2.45, 2.75) is 141 Å². The number of carbonyl (C=O) groups is 2. The van der Waals surface area contributed by atoms with Crippen LogP contribution >= 0.6 is 11.8 Å². The van der Waals surface area contributed by atoms with Gasteiger partial charge in [-0.25, -0.2) is 4.79 Å². The number of urea groups is 1. The van der Waals surface area contributed by atoms with E-state index in [1.807, 2.05) is 11.8 Å². The molecule has 0 radical (unpaired) electrons. The number of rotatable bonds is 12. The van der Waals surface area contributed by atoms with Crippen molar-refractivity contribution in [1.82, 2.24) is 16.0 Å². The highest BCUT2D eigenvalue weighted by Crippen LogP contribution is 2.34. The Labute approximate surface area is 276 Å². The van der Waals surface area contributed by atoms with Crippen LogP contribution in [0.15, 0.2) is 0 Å². The average Bonchev–Trinajstić information content (AvgIpc) is 3.58. The Morgan fingerprint density at radius 2 is 1.57 bits per heavy atom. The third-order valence-electron chi connectivity index (χ3n) is 9.76. The zero-order chi connectivity index (χ0) is 34.0. The van der Waals surface area contributed by atoms with Gasteiger partial charge in [-0.05, 0) is 25.7 Å². The van der Waals surface area contributed by atoms with Gasteiger partial charge in [0.2, 0.25) is 5.91 Å². The number of hydrogen-bond donors (Lipinski definition) is 12. The van der Waals surface area contributed by atoms with Crippen LogP contribution < -0.4 is 38.9 Å². The number of nitrogens with one attached hydrogen (secondary N) is 3. The monoisotopic (exact) mass is 693 g/mol. The maximum Gasteiger partial charge on any atom is 0.315 e. The molecular formula is C28H51N7O11S. The zero-order valence-corrected chi connectivity index (χ0v) is 26.9. The Bertz CT molecular complexity index is 1070. The van der Waals surface area contributed by atoms with Crippen molar-refractivity contribution < 1.29 is 54.1 Å². The molecule has 17 atom stereocenters. The molecule has 1 saturated carbocycles. The molecule has 5 rings (SSSR count). The van der Waals surface area contributed by atoms with Crippen LogP contribution in [0.5, 0.6) is 0 Å². The van der Waals surface area contributed by atoms with E-state index in [1.54, 1.807) is 0 Å². The van der Waals surface area contributed by atoms with E-state index in [9.17, 15) is 35.1 Å². The van der Waals surface area contributed by atoms with Gasteiger partial charge >= 0.3 is 6.03 Å². The highest BCUT2D eigenvalue weighted by Gasteiger charge is 2.50. The maximum atomic E-state index is 12.6. The van der Waals surface area contributed by atoms with Crippen molar-refractivity contribution >= 4 is 23.7 Å². The van der Waals surface area contributed by atoms with Crippen LogP contribution in [0.2, 0.25) is 0 Å². The first-order valence-corrected chi connectivity index (χ1v) is 17.3. The number of carbonyl (C=O) groups excluding carboxylic acids is 2. The average molecular weight is 694 g/mol. The molecule has 4 aliphatic heterocycles. The van der Waals surface area contributed by atoms with Crippen molar-refractivity contribution in [3.05, 3.63) is 0 Å². The predicted octanol–water partition coefficient (Wildman–Crippen LogP) is -5.41. The molecule has 5 aliphatic rings. The molecule has 19 heteroatoms. The molecule has 4 heterocycles. The first-order chi connectivity index (χ1) is 22.4. The minimum atomic E-state index is -1.48. The standard InChI is InChI=1S/C28H51N7O11S/c29-10-5-11(30)25(46-27-22(40)19(32)21(39)16(8-36)44-27)23(41)24(10)45-26-12(31)6-14(37)15(43-26)7-33-18(38)4-2-1-3-17-20-13(9-47-17)34-28(42)35-20/h10-17,19-27,36-37,39-41H,1-9,29-32H2,(H,33,38)(H2,34,35,42)/t10-,11-,12-,13+,14+,15+,16-,17+,19+,20+,21-,22-,23+,24-,25-,26-,27-/m1/s1. The van der Waals surface area contributed by atoms with Gasteiger partial charge < -0.3 is 83.4 Å². The van der Waals surface area contributed by atoms with Gasteiger partial charge in [-0.3, -0.25) is 4.79 Å². The number of aliphatic hydroxyl groups excluding tert-OH is 5. The lowest BCUT2D eigenvalue weighted by molar-refractivity contribution is -0.315. The fraction of sp³-hybridized carbons (Fsp3) is 0.929.